The molecule has 1 N–H and O–H groups in total. The lowest BCUT2D eigenvalue weighted by Gasteiger charge is -2.48. The van der Waals surface area contributed by atoms with Crippen LogP contribution in [-0.4, -0.2) is 47.6 Å². The fourth-order valence-electron chi connectivity index (χ4n) is 3.81. The Kier molecular flexibility index (Phi) is 6.04. The Morgan fingerprint density at radius 1 is 1.32 bits per heavy atom. The van der Waals surface area contributed by atoms with Crippen molar-refractivity contribution in [2.45, 2.75) is 76.3 Å². The van der Waals surface area contributed by atoms with Crippen LogP contribution in [0.2, 0.25) is 0 Å². The first-order valence-electron chi connectivity index (χ1n) is 8.17. The van der Waals surface area contributed by atoms with E-state index < -0.39 is 0 Å². The zero-order chi connectivity index (χ0) is 13.8. The van der Waals surface area contributed by atoms with Crippen LogP contribution >= 0.6 is 11.8 Å². The first-order valence-corrected chi connectivity index (χ1v) is 9.46. The van der Waals surface area contributed by atoms with E-state index in [4.69, 9.17) is 0 Å². The van der Waals surface area contributed by atoms with Crippen molar-refractivity contribution in [3.8, 4) is 0 Å². The Morgan fingerprint density at radius 2 is 2.11 bits per heavy atom. The summed E-state index contributed by atoms with van der Waals surface area (Å²) >= 11 is 2.09. The first kappa shape index (κ1) is 15.7. The lowest BCUT2D eigenvalue weighted by molar-refractivity contribution is 0.0396. The van der Waals surface area contributed by atoms with E-state index in [-0.39, 0.29) is 0 Å². The average Bonchev–Trinajstić information content (AvgIpc) is 2.46. The van der Waals surface area contributed by atoms with Gasteiger partial charge >= 0.3 is 0 Å². The van der Waals surface area contributed by atoms with Crippen molar-refractivity contribution in [1.29, 1.82) is 0 Å². The molecular formula is C16H32N2S. The van der Waals surface area contributed by atoms with Gasteiger partial charge in [-0.25, -0.2) is 0 Å². The molecule has 1 saturated carbocycles. The first-order chi connectivity index (χ1) is 9.15. The molecule has 2 aliphatic rings. The van der Waals surface area contributed by atoms with E-state index >= 15 is 0 Å². The number of rotatable bonds is 4. The van der Waals surface area contributed by atoms with Crippen LogP contribution in [0.1, 0.15) is 52.9 Å². The molecule has 1 heterocycles. The van der Waals surface area contributed by atoms with Crippen molar-refractivity contribution in [1.82, 2.24) is 10.2 Å². The number of thioether (sulfide) groups is 1. The molecule has 19 heavy (non-hydrogen) atoms. The summed E-state index contributed by atoms with van der Waals surface area (Å²) < 4.78 is 0. The molecule has 0 amide bonds. The number of hydrogen-bond acceptors (Lipinski definition) is 3. The maximum atomic E-state index is 3.75. The van der Waals surface area contributed by atoms with E-state index in [0.717, 1.165) is 23.3 Å². The van der Waals surface area contributed by atoms with Gasteiger partial charge in [-0.2, -0.15) is 11.8 Å². The molecule has 2 nitrogen and oxygen atoms in total. The highest BCUT2D eigenvalue weighted by Crippen LogP contribution is 2.32. The molecule has 2 fully saturated rings. The quantitative estimate of drug-likeness (QED) is 0.852. The Bertz CT molecular complexity index is 269. The van der Waals surface area contributed by atoms with Gasteiger partial charge in [-0.05, 0) is 37.9 Å². The highest BCUT2D eigenvalue weighted by molar-refractivity contribution is 7.99. The van der Waals surface area contributed by atoms with Crippen LogP contribution < -0.4 is 5.32 Å². The van der Waals surface area contributed by atoms with Crippen LogP contribution in [0.15, 0.2) is 0 Å². The predicted octanol–water partition coefficient (Wildman–Crippen LogP) is 3.37. The van der Waals surface area contributed by atoms with Gasteiger partial charge in [0.1, 0.15) is 0 Å². The molecule has 1 saturated heterocycles. The molecule has 0 bridgehead atoms. The molecule has 3 heteroatoms. The monoisotopic (exact) mass is 284 g/mol. The number of nitrogens with one attached hydrogen (secondary N) is 1. The molecule has 0 aromatic heterocycles. The maximum absolute atomic E-state index is 3.75. The van der Waals surface area contributed by atoms with Gasteiger partial charge in [-0.15, -0.1) is 0 Å². The van der Waals surface area contributed by atoms with Gasteiger partial charge in [0.25, 0.3) is 0 Å². The molecule has 0 spiro atoms. The van der Waals surface area contributed by atoms with Crippen LogP contribution in [-0.2, 0) is 0 Å². The molecule has 4 atom stereocenters. The van der Waals surface area contributed by atoms with Crippen molar-refractivity contribution >= 4 is 11.8 Å². The highest BCUT2D eigenvalue weighted by atomic mass is 32.2. The molecule has 0 aromatic rings. The van der Waals surface area contributed by atoms with Crippen LogP contribution in [0.4, 0.5) is 0 Å². The summed E-state index contributed by atoms with van der Waals surface area (Å²) in [7, 11) is 0. The largest absolute Gasteiger partial charge is 0.311 e. The lowest BCUT2D eigenvalue weighted by Crippen LogP contribution is -2.61. The van der Waals surface area contributed by atoms with Crippen molar-refractivity contribution in [2.24, 2.45) is 5.92 Å². The second kappa shape index (κ2) is 7.33. The van der Waals surface area contributed by atoms with Gasteiger partial charge in [0, 0.05) is 36.5 Å². The van der Waals surface area contributed by atoms with Gasteiger partial charge in [-0.1, -0.05) is 27.2 Å². The van der Waals surface area contributed by atoms with Crippen molar-refractivity contribution in [3.05, 3.63) is 0 Å². The summed E-state index contributed by atoms with van der Waals surface area (Å²) in [5.41, 5.74) is 0. The summed E-state index contributed by atoms with van der Waals surface area (Å²) in [6.07, 6.45) is 9.27. The van der Waals surface area contributed by atoms with Crippen molar-refractivity contribution in [2.75, 3.05) is 19.3 Å². The molecular weight excluding hydrogens is 252 g/mol. The van der Waals surface area contributed by atoms with Crippen molar-refractivity contribution < 1.29 is 0 Å². The molecule has 0 radical (unpaired) electrons. The minimum absolute atomic E-state index is 0.713. The molecule has 2 rings (SSSR count). The summed E-state index contributed by atoms with van der Waals surface area (Å²) in [6.45, 7) is 9.56. The smallest absolute Gasteiger partial charge is 0.0247 e. The minimum Gasteiger partial charge on any atom is -0.311 e. The maximum Gasteiger partial charge on any atom is 0.0247 e. The lowest BCUT2D eigenvalue weighted by atomic mass is 9.88. The Labute approximate surface area is 124 Å². The van der Waals surface area contributed by atoms with Gasteiger partial charge < -0.3 is 5.32 Å². The Balaban J connectivity index is 2.03. The summed E-state index contributed by atoms with van der Waals surface area (Å²) in [6, 6.07) is 2.30. The third-order valence-corrected chi connectivity index (χ3v) is 6.23. The van der Waals surface area contributed by atoms with Crippen LogP contribution in [0.5, 0.6) is 0 Å². The van der Waals surface area contributed by atoms with E-state index in [1.807, 2.05) is 0 Å². The normalized spacial score (nSPS) is 37.7. The zero-order valence-corrected chi connectivity index (χ0v) is 14.0. The van der Waals surface area contributed by atoms with Crippen LogP contribution in [0.3, 0.4) is 0 Å². The van der Waals surface area contributed by atoms with E-state index in [9.17, 15) is 0 Å². The molecule has 0 aromatic carbocycles. The number of hydrogen-bond donors (Lipinski definition) is 1. The van der Waals surface area contributed by atoms with E-state index in [2.05, 4.69) is 49.0 Å². The van der Waals surface area contributed by atoms with Crippen molar-refractivity contribution in [3.63, 3.8) is 0 Å². The number of nitrogens with zero attached hydrogens (tertiary/aromatic N) is 1. The fourth-order valence-corrected chi connectivity index (χ4v) is 4.62. The van der Waals surface area contributed by atoms with E-state index in [0.29, 0.717) is 6.04 Å². The summed E-state index contributed by atoms with van der Waals surface area (Å²) in [4.78, 5) is 2.87. The SMILES string of the molecule is CCC1CN(C2CCCC(SC)C2)C(C(C)C)CN1. The van der Waals surface area contributed by atoms with Gasteiger partial charge in [0.2, 0.25) is 0 Å². The molecule has 4 unspecified atom stereocenters. The van der Waals surface area contributed by atoms with E-state index in [1.165, 1.54) is 45.2 Å². The Hall–Kier alpha value is 0.270. The fraction of sp³-hybridized carbons (Fsp3) is 1.00. The standard InChI is InChI=1S/C16H32N2S/c1-5-13-11-18(16(10-17-13)12(2)3)14-7-6-8-15(9-14)19-4/h12-17H,5-11H2,1-4H3. The average molecular weight is 285 g/mol. The highest BCUT2D eigenvalue weighted by Gasteiger charge is 2.35. The van der Waals surface area contributed by atoms with Crippen LogP contribution in [0.25, 0.3) is 0 Å². The van der Waals surface area contributed by atoms with Gasteiger partial charge in [0.05, 0.1) is 0 Å². The molecule has 1 aliphatic heterocycles. The minimum atomic E-state index is 0.713. The predicted molar refractivity (Wildman–Crippen MR) is 87.0 cm³/mol. The van der Waals surface area contributed by atoms with Crippen LogP contribution in [0, 0.1) is 5.92 Å². The van der Waals surface area contributed by atoms with E-state index in [1.54, 1.807) is 0 Å². The summed E-state index contributed by atoms with van der Waals surface area (Å²) in [5.74, 6) is 0.764. The Morgan fingerprint density at radius 3 is 2.74 bits per heavy atom. The number of piperazine rings is 1. The summed E-state index contributed by atoms with van der Waals surface area (Å²) in [5, 5.41) is 4.65. The molecule has 1 aliphatic carbocycles. The molecule has 112 valence electrons. The zero-order valence-electron chi connectivity index (χ0n) is 13.2. The second-order valence-electron chi connectivity index (χ2n) is 6.70. The van der Waals surface area contributed by atoms with Gasteiger partial charge in [0.15, 0.2) is 0 Å². The topological polar surface area (TPSA) is 15.3 Å². The van der Waals surface area contributed by atoms with Gasteiger partial charge in [-0.3, -0.25) is 4.90 Å². The second-order valence-corrected chi connectivity index (χ2v) is 7.84. The third-order valence-electron chi connectivity index (χ3n) is 5.14. The third kappa shape index (κ3) is 3.89.